The minimum atomic E-state index is 0.0492. The summed E-state index contributed by atoms with van der Waals surface area (Å²) in [6.45, 7) is 0.859. The zero-order valence-electron chi connectivity index (χ0n) is 16.7. The van der Waals surface area contributed by atoms with Gasteiger partial charge in [0.05, 0.1) is 19.9 Å². The molecule has 1 atom stereocenters. The Morgan fingerprint density at radius 3 is 2.45 bits per heavy atom. The zero-order valence-corrected chi connectivity index (χ0v) is 16.7. The average molecular weight is 396 g/mol. The first-order valence-electron chi connectivity index (χ1n) is 9.47. The summed E-state index contributed by atoms with van der Waals surface area (Å²) in [6.07, 6.45) is 2.46. The molecule has 0 saturated carbocycles. The molecule has 2 heterocycles. The van der Waals surface area contributed by atoms with Crippen molar-refractivity contribution in [2.45, 2.75) is 31.8 Å². The molecule has 0 radical (unpaired) electrons. The number of hydrogen-bond donors (Lipinski definition) is 1. The molecular formula is C20H24N6O3. The van der Waals surface area contributed by atoms with Gasteiger partial charge in [-0.1, -0.05) is 30.3 Å². The van der Waals surface area contributed by atoms with E-state index in [1.54, 1.807) is 0 Å². The lowest BCUT2D eigenvalue weighted by Gasteiger charge is -2.30. The summed E-state index contributed by atoms with van der Waals surface area (Å²) in [6, 6.07) is 10.9. The number of methoxy groups -OCH3 is 2. The lowest BCUT2D eigenvalue weighted by Crippen LogP contribution is -2.35. The number of aromatic hydroxyl groups is 1. The van der Waals surface area contributed by atoms with Crippen LogP contribution >= 0.6 is 0 Å². The molecule has 0 aliphatic heterocycles. The highest BCUT2D eigenvalue weighted by Crippen LogP contribution is 2.32. The van der Waals surface area contributed by atoms with Crippen LogP contribution in [0.1, 0.15) is 23.2 Å². The molecule has 2 aromatic heterocycles. The van der Waals surface area contributed by atoms with E-state index in [-0.39, 0.29) is 23.8 Å². The van der Waals surface area contributed by atoms with E-state index >= 15 is 0 Å². The third-order valence-electron chi connectivity index (χ3n) is 5.23. The normalized spacial score (nSPS) is 15.9. The molecule has 1 unspecified atom stereocenters. The number of rotatable bonds is 6. The summed E-state index contributed by atoms with van der Waals surface area (Å²) < 4.78 is 11.5. The van der Waals surface area contributed by atoms with Gasteiger partial charge in [-0.05, 0) is 31.9 Å². The predicted molar refractivity (Wildman–Crippen MR) is 105 cm³/mol. The predicted octanol–water partition coefficient (Wildman–Crippen LogP) is 1.77. The molecule has 0 bridgehead atoms. The maximum absolute atomic E-state index is 10.8. The van der Waals surface area contributed by atoms with Gasteiger partial charge in [-0.25, -0.2) is 0 Å². The Morgan fingerprint density at radius 2 is 1.79 bits per heavy atom. The first-order chi connectivity index (χ1) is 14.1. The number of ether oxygens (including phenoxy) is 2. The van der Waals surface area contributed by atoms with Gasteiger partial charge in [0.15, 0.2) is 0 Å². The van der Waals surface area contributed by atoms with Crippen LogP contribution in [0.2, 0.25) is 0 Å². The smallest absolute Gasteiger partial charge is 0.324 e. The summed E-state index contributed by atoms with van der Waals surface area (Å²) >= 11 is 0. The van der Waals surface area contributed by atoms with Crippen LogP contribution in [-0.2, 0) is 19.4 Å². The molecule has 1 aliphatic rings. The van der Waals surface area contributed by atoms with Crippen molar-refractivity contribution in [3.63, 3.8) is 0 Å². The van der Waals surface area contributed by atoms with Crippen molar-refractivity contribution in [3.05, 3.63) is 47.2 Å². The van der Waals surface area contributed by atoms with Crippen LogP contribution in [0.5, 0.6) is 17.9 Å². The topological polar surface area (TPSA) is 98.4 Å². The van der Waals surface area contributed by atoms with Gasteiger partial charge < -0.3 is 14.6 Å². The van der Waals surface area contributed by atoms with Gasteiger partial charge in [-0.2, -0.15) is 19.7 Å². The second kappa shape index (κ2) is 8.04. The van der Waals surface area contributed by atoms with Gasteiger partial charge in [0.1, 0.15) is 0 Å². The van der Waals surface area contributed by atoms with E-state index in [0.29, 0.717) is 12.5 Å². The van der Waals surface area contributed by atoms with Gasteiger partial charge in [-0.15, -0.1) is 4.98 Å². The van der Waals surface area contributed by atoms with E-state index in [1.807, 2.05) is 6.07 Å². The average Bonchev–Trinajstić information content (AvgIpc) is 3.10. The van der Waals surface area contributed by atoms with Crippen LogP contribution in [0.25, 0.3) is 5.95 Å². The van der Waals surface area contributed by atoms with Gasteiger partial charge >= 0.3 is 12.0 Å². The molecule has 0 spiro atoms. The highest BCUT2D eigenvalue weighted by molar-refractivity contribution is 5.38. The van der Waals surface area contributed by atoms with E-state index in [0.717, 1.165) is 30.6 Å². The maximum Gasteiger partial charge on any atom is 0.324 e. The highest BCUT2D eigenvalue weighted by atomic mass is 16.5. The fourth-order valence-electron chi connectivity index (χ4n) is 3.66. The molecule has 1 aromatic carbocycles. The number of hydrogen-bond acceptors (Lipinski definition) is 8. The second-order valence-corrected chi connectivity index (χ2v) is 7.07. The van der Waals surface area contributed by atoms with Crippen LogP contribution < -0.4 is 9.47 Å². The summed E-state index contributed by atoms with van der Waals surface area (Å²) in [5, 5.41) is 15.4. The van der Waals surface area contributed by atoms with E-state index in [2.05, 4.69) is 56.3 Å². The first kappa shape index (κ1) is 19.1. The summed E-state index contributed by atoms with van der Waals surface area (Å²) in [7, 11) is 5.03. The maximum atomic E-state index is 10.8. The van der Waals surface area contributed by atoms with E-state index in [1.165, 1.54) is 24.5 Å². The summed E-state index contributed by atoms with van der Waals surface area (Å²) in [5.41, 5.74) is 2.97. The van der Waals surface area contributed by atoms with Crippen LogP contribution in [-0.4, -0.2) is 62.0 Å². The molecule has 152 valence electrons. The first-order valence-corrected chi connectivity index (χ1v) is 9.47. The molecule has 4 rings (SSSR count). The van der Waals surface area contributed by atoms with E-state index < -0.39 is 0 Å². The molecule has 3 aromatic rings. The molecule has 0 saturated heterocycles. The third-order valence-corrected chi connectivity index (χ3v) is 5.23. The van der Waals surface area contributed by atoms with Crippen molar-refractivity contribution >= 4 is 0 Å². The quantitative estimate of drug-likeness (QED) is 0.673. The van der Waals surface area contributed by atoms with Gasteiger partial charge in [0.2, 0.25) is 5.88 Å². The number of benzene rings is 1. The molecule has 0 amide bonds. The monoisotopic (exact) mass is 396 g/mol. The Hall–Kier alpha value is -3.20. The lowest BCUT2D eigenvalue weighted by molar-refractivity contribution is 0.212. The Morgan fingerprint density at radius 1 is 1.10 bits per heavy atom. The molecule has 9 nitrogen and oxygen atoms in total. The van der Waals surface area contributed by atoms with Gasteiger partial charge in [0, 0.05) is 18.2 Å². The Balaban J connectivity index is 1.58. The second-order valence-electron chi connectivity index (χ2n) is 7.07. The SMILES string of the molecule is COc1nc(OC)nc(-n2nc3c(c2O)CC(N(C)Cc2ccccc2)CC3)n1. The summed E-state index contributed by atoms with van der Waals surface area (Å²) in [4.78, 5) is 14.7. The molecule has 0 fully saturated rings. The van der Waals surface area contributed by atoms with Crippen LogP contribution in [0.3, 0.4) is 0 Å². The number of nitrogens with zero attached hydrogens (tertiary/aromatic N) is 6. The third kappa shape index (κ3) is 3.86. The fourth-order valence-corrected chi connectivity index (χ4v) is 3.66. The largest absolute Gasteiger partial charge is 0.493 e. The van der Waals surface area contributed by atoms with Gasteiger partial charge in [0.25, 0.3) is 5.95 Å². The highest BCUT2D eigenvalue weighted by Gasteiger charge is 2.29. The molecule has 1 aliphatic carbocycles. The molecule has 9 heteroatoms. The molecule has 1 N–H and O–H groups in total. The number of aromatic nitrogens is 5. The Bertz CT molecular complexity index is 969. The zero-order chi connectivity index (χ0) is 20.4. The van der Waals surface area contributed by atoms with Crippen LogP contribution in [0.4, 0.5) is 0 Å². The molecular weight excluding hydrogens is 372 g/mol. The Kier molecular flexibility index (Phi) is 5.30. The van der Waals surface area contributed by atoms with Gasteiger partial charge in [-0.3, -0.25) is 4.90 Å². The fraction of sp³-hybridized carbons (Fsp3) is 0.400. The standard InChI is InChI=1S/C20H24N6O3/c1-25(12-13-7-5-4-6-8-13)14-9-10-16-15(11-14)17(27)26(24-16)18-21-19(28-2)23-20(22-18)29-3/h4-8,14,27H,9-12H2,1-3H3. The number of aryl methyl sites for hydroxylation is 1. The van der Waals surface area contributed by atoms with E-state index in [9.17, 15) is 5.11 Å². The number of fused-ring (bicyclic) bond motifs is 1. The molecule has 29 heavy (non-hydrogen) atoms. The number of likely N-dealkylation sites (N-methyl/N-ethyl adjacent to an activating group) is 1. The van der Waals surface area contributed by atoms with Crippen molar-refractivity contribution in [3.8, 4) is 23.8 Å². The van der Waals surface area contributed by atoms with Crippen molar-refractivity contribution in [2.75, 3.05) is 21.3 Å². The van der Waals surface area contributed by atoms with Crippen molar-refractivity contribution in [1.29, 1.82) is 0 Å². The van der Waals surface area contributed by atoms with Crippen LogP contribution in [0.15, 0.2) is 30.3 Å². The van der Waals surface area contributed by atoms with Crippen molar-refractivity contribution < 1.29 is 14.6 Å². The summed E-state index contributed by atoms with van der Waals surface area (Å²) in [5.74, 6) is 0.211. The van der Waals surface area contributed by atoms with Crippen LogP contribution in [0, 0.1) is 0 Å². The van der Waals surface area contributed by atoms with E-state index in [4.69, 9.17) is 9.47 Å². The Labute approximate surface area is 169 Å². The minimum absolute atomic E-state index is 0.0492. The minimum Gasteiger partial charge on any atom is -0.493 e. The van der Waals surface area contributed by atoms with Crippen molar-refractivity contribution in [1.82, 2.24) is 29.6 Å². The van der Waals surface area contributed by atoms with Crippen molar-refractivity contribution in [2.24, 2.45) is 0 Å². The lowest BCUT2D eigenvalue weighted by atomic mass is 9.92.